The van der Waals surface area contributed by atoms with E-state index in [2.05, 4.69) is 0 Å². The van der Waals surface area contributed by atoms with Crippen LogP contribution in [0.5, 0.6) is 5.75 Å². The number of hydrogen-bond donors (Lipinski definition) is 0. The Morgan fingerprint density at radius 3 is 2.54 bits per heavy atom. The number of carbonyl (C=O) groups excluding carboxylic acids is 2. The molecule has 1 saturated heterocycles. The van der Waals surface area contributed by atoms with Crippen LogP contribution >= 0.6 is 0 Å². The van der Waals surface area contributed by atoms with Crippen LogP contribution in [0.25, 0.3) is 0 Å². The third-order valence-corrected chi connectivity index (χ3v) is 5.45. The fourth-order valence-electron chi connectivity index (χ4n) is 3.91. The number of methoxy groups -OCH3 is 1. The normalized spacial score (nSPS) is 18.8. The number of ether oxygens (including phenoxy) is 1. The monoisotopic (exact) mass is 380 g/mol. The molecule has 2 unspecified atom stereocenters. The van der Waals surface area contributed by atoms with Crippen molar-refractivity contribution in [3.63, 3.8) is 0 Å². The van der Waals surface area contributed by atoms with Gasteiger partial charge in [-0.05, 0) is 23.3 Å². The molecule has 5 heteroatoms. The first-order chi connectivity index (χ1) is 13.5. The predicted octanol–water partition coefficient (Wildman–Crippen LogP) is 3.31. The minimum absolute atomic E-state index is 0.0312. The highest BCUT2D eigenvalue weighted by Gasteiger charge is 2.41. The van der Waals surface area contributed by atoms with Gasteiger partial charge in [-0.3, -0.25) is 9.59 Å². The van der Waals surface area contributed by atoms with E-state index >= 15 is 0 Å². The molecule has 148 valence electrons. The van der Waals surface area contributed by atoms with Crippen molar-refractivity contribution in [2.45, 2.75) is 25.8 Å². The van der Waals surface area contributed by atoms with E-state index in [9.17, 15) is 9.59 Å². The molecule has 5 nitrogen and oxygen atoms in total. The lowest BCUT2D eigenvalue weighted by molar-refractivity contribution is -0.135. The standard InChI is InChI=1S/C23H28N2O3/c1-4-22(26)25-15-20(18-11-8-12-19(13-18)28-3)21(16-25)23(27)24(2)14-17-9-6-5-7-10-17/h5-13,20-21H,4,14-16H2,1-3H3. The maximum atomic E-state index is 13.3. The van der Waals surface area contributed by atoms with Gasteiger partial charge in [0.1, 0.15) is 5.75 Å². The van der Waals surface area contributed by atoms with Gasteiger partial charge in [0.25, 0.3) is 0 Å². The lowest BCUT2D eigenvalue weighted by atomic mass is 9.88. The molecular weight excluding hydrogens is 352 g/mol. The molecular formula is C23H28N2O3. The van der Waals surface area contributed by atoms with Crippen LogP contribution in [0, 0.1) is 5.92 Å². The molecule has 2 amide bonds. The third kappa shape index (κ3) is 4.35. The van der Waals surface area contributed by atoms with E-state index < -0.39 is 0 Å². The van der Waals surface area contributed by atoms with Gasteiger partial charge in [-0.2, -0.15) is 0 Å². The summed E-state index contributed by atoms with van der Waals surface area (Å²) in [7, 11) is 3.47. The third-order valence-electron chi connectivity index (χ3n) is 5.45. The molecule has 2 atom stereocenters. The summed E-state index contributed by atoms with van der Waals surface area (Å²) in [5.41, 5.74) is 2.13. The van der Waals surface area contributed by atoms with Crippen molar-refractivity contribution in [2.24, 2.45) is 5.92 Å². The molecule has 1 aliphatic heterocycles. The molecule has 1 fully saturated rings. The lowest BCUT2D eigenvalue weighted by Crippen LogP contribution is -2.36. The van der Waals surface area contributed by atoms with Crippen LogP contribution in [0.1, 0.15) is 30.4 Å². The molecule has 0 spiro atoms. The Balaban J connectivity index is 1.83. The Labute approximate surface area is 166 Å². The number of carbonyl (C=O) groups is 2. The molecule has 0 N–H and O–H groups in total. The van der Waals surface area contributed by atoms with Crippen LogP contribution in [-0.2, 0) is 16.1 Å². The van der Waals surface area contributed by atoms with Crippen molar-refractivity contribution >= 4 is 11.8 Å². The summed E-state index contributed by atoms with van der Waals surface area (Å²) in [6, 6.07) is 17.8. The van der Waals surface area contributed by atoms with E-state index in [1.54, 1.807) is 12.0 Å². The van der Waals surface area contributed by atoms with Crippen LogP contribution in [-0.4, -0.2) is 48.9 Å². The van der Waals surface area contributed by atoms with Gasteiger partial charge in [0, 0.05) is 39.0 Å². The maximum Gasteiger partial charge on any atom is 0.228 e. The highest BCUT2D eigenvalue weighted by Crippen LogP contribution is 2.35. The molecule has 0 radical (unpaired) electrons. The minimum atomic E-state index is -0.253. The zero-order chi connectivity index (χ0) is 20.1. The summed E-state index contributed by atoms with van der Waals surface area (Å²) >= 11 is 0. The first kappa shape index (κ1) is 19.9. The molecule has 3 rings (SSSR count). The molecule has 2 aromatic carbocycles. The Morgan fingerprint density at radius 2 is 1.86 bits per heavy atom. The maximum absolute atomic E-state index is 13.3. The molecule has 1 aliphatic rings. The van der Waals surface area contributed by atoms with Crippen LogP contribution in [0.3, 0.4) is 0 Å². The Bertz CT molecular complexity index is 822. The number of nitrogens with zero attached hydrogens (tertiary/aromatic N) is 2. The number of rotatable bonds is 6. The molecule has 0 aromatic heterocycles. The Kier molecular flexibility index (Phi) is 6.34. The fourth-order valence-corrected chi connectivity index (χ4v) is 3.91. The largest absolute Gasteiger partial charge is 0.497 e. The number of likely N-dealkylation sites (tertiary alicyclic amines) is 1. The van der Waals surface area contributed by atoms with E-state index in [1.165, 1.54) is 0 Å². The Morgan fingerprint density at radius 1 is 1.11 bits per heavy atom. The molecule has 0 bridgehead atoms. The van der Waals surface area contributed by atoms with Gasteiger partial charge in [0.2, 0.25) is 11.8 Å². The molecule has 0 saturated carbocycles. The number of benzene rings is 2. The van der Waals surface area contributed by atoms with Crippen LogP contribution in [0.15, 0.2) is 54.6 Å². The lowest BCUT2D eigenvalue weighted by Gasteiger charge is -2.25. The zero-order valence-electron chi connectivity index (χ0n) is 16.8. The summed E-state index contributed by atoms with van der Waals surface area (Å²) in [6.45, 7) is 3.45. The summed E-state index contributed by atoms with van der Waals surface area (Å²) in [6.07, 6.45) is 0.450. The topological polar surface area (TPSA) is 49.9 Å². The van der Waals surface area contributed by atoms with Crippen molar-refractivity contribution in [2.75, 3.05) is 27.2 Å². The van der Waals surface area contributed by atoms with Crippen molar-refractivity contribution in [3.05, 3.63) is 65.7 Å². The van der Waals surface area contributed by atoms with Gasteiger partial charge in [0.05, 0.1) is 13.0 Å². The van der Waals surface area contributed by atoms with Crippen molar-refractivity contribution in [1.82, 2.24) is 9.80 Å². The van der Waals surface area contributed by atoms with E-state index in [1.807, 2.05) is 73.5 Å². The SMILES string of the molecule is CCC(=O)N1CC(C(=O)N(C)Cc2ccccc2)C(c2cccc(OC)c2)C1. The van der Waals surface area contributed by atoms with E-state index in [0.717, 1.165) is 16.9 Å². The van der Waals surface area contributed by atoms with Crippen molar-refractivity contribution in [1.29, 1.82) is 0 Å². The summed E-state index contributed by atoms with van der Waals surface area (Å²) < 4.78 is 5.36. The van der Waals surface area contributed by atoms with Gasteiger partial charge in [-0.25, -0.2) is 0 Å². The van der Waals surface area contributed by atoms with Gasteiger partial charge < -0.3 is 14.5 Å². The quantitative estimate of drug-likeness (QED) is 0.773. The second-order valence-electron chi connectivity index (χ2n) is 7.32. The average molecular weight is 380 g/mol. The minimum Gasteiger partial charge on any atom is -0.497 e. The first-order valence-electron chi connectivity index (χ1n) is 9.74. The van der Waals surface area contributed by atoms with Gasteiger partial charge >= 0.3 is 0 Å². The van der Waals surface area contributed by atoms with Crippen molar-refractivity contribution < 1.29 is 14.3 Å². The predicted molar refractivity (Wildman–Crippen MR) is 109 cm³/mol. The van der Waals surface area contributed by atoms with Crippen molar-refractivity contribution in [3.8, 4) is 5.75 Å². The number of amides is 2. The van der Waals surface area contributed by atoms with E-state index in [-0.39, 0.29) is 23.7 Å². The van der Waals surface area contributed by atoms with E-state index in [4.69, 9.17) is 4.74 Å². The first-order valence-corrected chi connectivity index (χ1v) is 9.74. The fraction of sp³-hybridized carbons (Fsp3) is 0.391. The smallest absolute Gasteiger partial charge is 0.228 e. The second kappa shape index (κ2) is 8.91. The van der Waals surface area contributed by atoms with Gasteiger partial charge in [0.15, 0.2) is 0 Å². The highest BCUT2D eigenvalue weighted by molar-refractivity contribution is 5.83. The molecule has 1 heterocycles. The Hall–Kier alpha value is -2.82. The molecule has 2 aromatic rings. The second-order valence-corrected chi connectivity index (χ2v) is 7.32. The van der Waals surface area contributed by atoms with Gasteiger partial charge in [-0.1, -0.05) is 49.4 Å². The zero-order valence-corrected chi connectivity index (χ0v) is 16.8. The summed E-state index contributed by atoms with van der Waals surface area (Å²) in [5, 5.41) is 0. The van der Waals surface area contributed by atoms with Crippen LogP contribution < -0.4 is 4.74 Å². The highest BCUT2D eigenvalue weighted by atomic mass is 16.5. The van der Waals surface area contributed by atoms with Crippen LogP contribution in [0.4, 0.5) is 0 Å². The summed E-state index contributed by atoms with van der Waals surface area (Å²) in [4.78, 5) is 29.2. The molecule has 28 heavy (non-hydrogen) atoms. The van der Waals surface area contributed by atoms with Crippen LogP contribution in [0.2, 0.25) is 0 Å². The van der Waals surface area contributed by atoms with E-state index in [0.29, 0.717) is 26.1 Å². The summed E-state index contributed by atoms with van der Waals surface area (Å²) in [5.74, 6) is 0.645. The molecule has 0 aliphatic carbocycles. The number of hydrogen-bond acceptors (Lipinski definition) is 3. The van der Waals surface area contributed by atoms with Gasteiger partial charge in [-0.15, -0.1) is 0 Å². The average Bonchev–Trinajstić information content (AvgIpc) is 3.18.